The smallest absolute Gasteiger partial charge is 0.161 e. The van der Waals surface area contributed by atoms with Gasteiger partial charge < -0.3 is 8.83 Å². The number of nitrogens with zero attached hydrogens (tertiary/aromatic N) is 2. The molecule has 7 heteroatoms. The number of aliphatic imine (C=N–C) groups is 2. The van der Waals surface area contributed by atoms with E-state index in [1.54, 1.807) is 0 Å². The Kier molecular flexibility index (Phi) is 8.34. The topological polar surface area (TPSA) is 74.8 Å². The van der Waals surface area contributed by atoms with Gasteiger partial charge in [0.15, 0.2) is 11.7 Å². The van der Waals surface area contributed by atoms with E-state index in [2.05, 4.69) is 109 Å². The molecule has 1 N–H and O–H groups in total. The van der Waals surface area contributed by atoms with Crippen molar-refractivity contribution in [3.05, 3.63) is 205 Å². The van der Waals surface area contributed by atoms with Gasteiger partial charge in [-0.3, -0.25) is 5.41 Å². The number of hydrogen-bond donors (Lipinski definition) is 1. The van der Waals surface area contributed by atoms with E-state index in [4.69, 9.17) is 24.2 Å². The Morgan fingerprint density at radius 1 is 0.422 bits per heavy atom. The molecule has 9 aromatic carbocycles. The van der Waals surface area contributed by atoms with Crippen molar-refractivity contribution < 1.29 is 8.83 Å². The van der Waals surface area contributed by atoms with E-state index in [1.807, 2.05) is 108 Å². The van der Waals surface area contributed by atoms with Crippen molar-refractivity contribution in [2.24, 2.45) is 9.98 Å². The highest BCUT2D eigenvalue weighted by atomic mass is 32.1. The summed E-state index contributed by atoms with van der Waals surface area (Å²) in [5.74, 6) is 0.521. The van der Waals surface area contributed by atoms with Crippen molar-refractivity contribution in [2.45, 2.75) is 0 Å². The van der Waals surface area contributed by atoms with Crippen molar-refractivity contribution in [3.8, 4) is 22.3 Å². The number of rotatable bonds is 5. The molecular formula is C57H33N3O2S2. The van der Waals surface area contributed by atoms with Crippen molar-refractivity contribution in [1.82, 2.24) is 0 Å². The van der Waals surface area contributed by atoms with Gasteiger partial charge in [-0.05, 0) is 82.9 Å². The van der Waals surface area contributed by atoms with E-state index in [0.29, 0.717) is 11.4 Å². The molecule has 0 aliphatic rings. The molecule has 0 fully saturated rings. The maximum Gasteiger partial charge on any atom is 0.161 e. The van der Waals surface area contributed by atoms with Crippen molar-refractivity contribution in [3.63, 3.8) is 0 Å². The summed E-state index contributed by atoms with van der Waals surface area (Å²) in [4.78, 5) is 9.87. The Balaban J connectivity index is 0.945. The second-order valence-corrected chi connectivity index (χ2v) is 18.2. The Labute approximate surface area is 374 Å². The summed E-state index contributed by atoms with van der Waals surface area (Å²) in [6.07, 6.45) is 1.84. The number of benzene rings is 9. The van der Waals surface area contributed by atoms with E-state index in [9.17, 15) is 0 Å². The molecule has 0 saturated carbocycles. The molecule has 0 unspecified atom stereocenters. The van der Waals surface area contributed by atoms with Crippen LogP contribution >= 0.6 is 22.7 Å². The average Bonchev–Trinajstić information content (AvgIpc) is 4.12. The molecule has 13 rings (SSSR count). The van der Waals surface area contributed by atoms with Gasteiger partial charge in [0, 0.05) is 84.8 Å². The number of thiophene rings is 2. The van der Waals surface area contributed by atoms with E-state index in [1.165, 1.54) is 57.0 Å². The minimum Gasteiger partial charge on any atom is -0.456 e. The Bertz CT molecular complexity index is 4110. The number of fused-ring (bicyclic) bond motifs is 12. The first kappa shape index (κ1) is 36.7. The van der Waals surface area contributed by atoms with Crippen LogP contribution in [0.25, 0.3) is 106 Å². The van der Waals surface area contributed by atoms with Gasteiger partial charge in [0.05, 0.1) is 0 Å². The molecule has 0 radical (unpaired) electrons. The third-order valence-corrected chi connectivity index (χ3v) is 14.5. The lowest BCUT2D eigenvalue weighted by molar-refractivity contribution is 0.668. The Morgan fingerprint density at radius 2 is 1.03 bits per heavy atom. The largest absolute Gasteiger partial charge is 0.456 e. The SMILES string of the molecule is N=C(N=C(N=Cc1cccc2oc3ccc(-c4cccc5sc6cccc(-c7ccc8c(c7)sc7ccccc78)c6c45)cc3c12)c1ccc2c(c1)oc1ccccc12)c1ccccc1. The highest BCUT2D eigenvalue weighted by Gasteiger charge is 2.19. The summed E-state index contributed by atoms with van der Waals surface area (Å²) in [6.45, 7) is 0. The van der Waals surface area contributed by atoms with Gasteiger partial charge in [0.25, 0.3) is 0 Å². The zero-order chi connectivity index (χ0) is 42.3. The highest BCUT2D eigenvalue weighted by molar-refractivity contribution is 7.26. The minimum atomic E-state index is 0.119. The molecule has 0 bridgehead atoms. The normalized spacial score (nSPS) is 12.5. The third kappa shape index (κ3) is 5.93. The van der Waals surface area contributed by atoms with Crippen LogP contribution in [-0.2, 0) is 0 Å². The number of furan rings is 2. The van der Waals surface area contributed by atoms with Crippen molar-refractivity contribution in [2.75, 3.05) is 0 Å². The van der Waals surface area contributed by atoms with E-state index in [0.717, 1.165) is 60.6 Å². The zero-order valence-electron chi connectivity index (χ0n) is 34.0. The van der Waals surface area contributed by atoms with Crippen LogP contribution < -0.4 is 0 Å². The zero-order valence-corrected chi connectivity index (χ0v) is 35.6. The summed E-state index contributed by atoms with van der Waals surface area (Å²) >= 11 is 3.70. The maximum atomic E-state index is 8.98. The molecule has 13 aromatic rings. The summed E-state index contributed by atoms with van der Waals surface area (Å²) < 4.78 is 17.9. The van der Waals surface area contributed by atoms with Crippen LogP contribution in [0.15, 0.2) is 207 Å². The fraction of sp³-hybridized carbons (Fsp3) is 0. The number of hydrogen-bond acceptors (Lipinski definition) is 5. The van der Waals surface area contributed by atoms with Crippen LogP contribution in [0.4, 0.5) is 0 Å². The minimum absolute atomic E-state index is 0.119. The molecule has 0 atom stereocenters. The first-order chi connectivity index (χ1) is 31.6. The fourth-order valence-electron chi connectivity index (χ4n) is 9.30. The first-order valence-electron chi connectivity index (χ1n) is 21.1. The lowest BCUT2D eigenvalue weighted by Gasteiger charge is -2.09. The Hall–Kier alpha value is -7.97. The van der Waals surface area contributed by atoms with Crippen LogP contribution in [0.3, 0.4) is 0 Å². The Morgan fingerprint density at radius 3 is 1.88 bits per heavy atom. The number of amidine groups is 2. The molecular weight excluding hydrogens is 823 g/mol. The lowest BCUT2D eigenvalue weighted by Crippen LogP contribution is -2.04. The van der Waals surface area contributed by atoms with Gasteiger partial charge in [-0.15, -0.1) is 22.7 Å². The van der Waals surface area contributed by atoms with E-state index < -0.39 is 0 Å². The predicted octanol–water partition coefficient (Wildman–Crippen LogP) is 16.4. The first-order valence-corrected chi connectivity index (χ1v) is 22.7. The number of nitrogens with one attached hydrogen (secondary N) is 1. The van der Waals surface area contributed by atoms with Gasteiger partial charge in [0.1, 0.15) is 22.3 Å². The fourth-order valence-corrected chi connectivity index (χ4v) is 11.6. The summed E-state index contributed by atoms with van der Waals surface area (Å²) in [5, 5.41) is 18.2. The predicted molar refractivity (Wildman–Crippen MR) is 271 cm³/mol. The van der Waals surface area contributed by atoms with Crippen LogP contribution in [0, 0.1) is 5.41 Å². The molecule has 0 aliphatic carbocycles. The van der Waals surface area contributed by atoms with Gasteiger partial charge >= 0.3 is 0 Å². The highest BCUT2D eigenvalue weighted by Crippen LogP contribution is 2.46. The molecule has 64 heavy (non-hydrogen) atoms. The average molecular weight is 856 g/mol. The van der Waals surface area contributed by atoms with E-state index >= 15 is 0 Å². The molecule has 300 valence electrons. The quantitative estimate of drug-likeness (QED) is 0.138. The van der Waals surface area contributed by atoms with Crippen molar-refractivity contribution in [1.29, 1.82) is 5.41 Å². The molecule has 5 nitrogen and oxygen atoms in total. The lowest BCUT2D eigenvalue weighted by atomic mass is 9.93. The third-order valence-electron chi connectivity index (χ3n) is 12.3. The molecule has 0 spiro atoms. The second kappa shape index (κ2) is 14.6. The van der Waals surface area contributed by atoms with Crippen LogP contribution in [-0.4, -0.2) is 17.9 Å². The standard InChI is InChI=1S/C57H33N3O2S2/c58-56(33-11-2-1-3-12-33)60-57(36-24-26-41-40-14-4-6-18-45(40)62-48(41)30-36)59-32-37-13-8-19-47-53(37)44-29-34(25-28-46(44)61-47)38-16-9-21-50-54(38)55-39(17-10-22-51(55)64-50)35-23-27-43-42-15-5-7-20-49(42)63-52(43)31-35/h1-32,58H. The van der Waals surface area contributed by atoms with Crippen LogP contribution in [0.5, 0.6) is 0 Å². The summed E-state index contributed by atoms with van der Waals surface area (Å²) in [6, 6.07) is 65.1. The summed E-state index contributed by atoms with van der Waals surface area (Å²) in [7, 11) is 0. The van der Waals surface area contributed by atoms with Crippen LogP contribution in [0.2, 0.25) is 0 Å². The molecule has 4 heterocycles. The second-order valence-electron chi connectivity index (χ2n) is 16.0. The van der Waals surface area contributed by atoms with Crippen LogP contribution in [0.1, 0.15) is 16.7 Å². The van der Waals surface area contributed by atoms with E-state index in [-0.39, 0.29) is 5.84 Å². The molecule has 4 aromatic heterocycles. The van der Waals surface area contributed by atoms with Gasteiger partial charge in [-0.2, -0.15) is 0 Å². The summed E-state index contributed by atoms with van der Waals surface area (Å²) in [5.41, 5.74) is 10.2. The van der Waals surface area contributed by atoms with Gasteiger partial charge in [0.2, 0.25) is 0 Å². The van der Waals surface area contributed by atoms with Gasteiger partial charge in [-0.1, -0.05) is 127 Å². The monoisotopic (exact) mass is 855 g/mol. The molecule has 0 aliphatic heterocycles. The molecule has 0 amide bonds. The van der Waals surface area contributed by atoms with Crippen molar-refractivity contribution >= 4 is 125 Å². The molecule has 0 saturated heterocycles. The number of para-hydroxylation sites is 1. The maximum absolute atomic E-state index is 8.98. The van der Waals surface area contributed by atoms with Gasteiger partial charge in [-0.25, -0.2) is 9.98 Å².